The Bertz CT molecular complexity index is 726. The molecule has 1 fully saturated rings. The Kier molecular flexibility index (Phi) is 5.27. The summed E-state index contributed by atoms with van der Waals surface area (Å²) in [5, 5.41) is 7.03. The summed E-state index contributed by atoms with van der Waals surface area (Å²) in [4.78, 5) is 15.1. The van der Waals surface area contributed by atoms with Crippen LogP contribution >= 0.6 is 0 Å². The van der Waals surface area contributed by atoms with Crippen molar-refractivity contribution in [3.63, 3.8) is 0 Å². The lowest BCUT2D eigenvalue weighted by Gasteiger charge is -2.26. The fourth-order valence-electron chi connectivity index (χ4n) is 3.43. The Labute approximate surface area is 148 Å². The lowest BCUT2D eigenvalue weighted by atomic mass is 10.0. The van der Waals surface area contributed by atoms with Crippen LogP contribution in [0.25, 0.3) is 0 Å². The third kappa shape index (κ3) is 3.79. The van der Waals surface area contributed by atoms with Gasteiger partial charge in [-0.3, -0.25) is 9.69 Å². The van der Waals surface area contributed by atoms with Crippen molar-refractivity contribution in [1.29, 1.82) is 0 Å². The van der Waals surface area contributed by atoms with Gasteiger partial charge in [-0.1, -0.05) is 19.0 Å². The molecule has 0 spiro atoms. The van der Waals surface area contributed by atoms with Crippen LogP contribution in [-0.2, 0) is 0 Å². The smallest absolute Gasteiger partial charge is 0.256 e. The second kappa shape index (κ2) is 7.44. The third-order valence-electron chi connectivity index (χ3n) is 4.77. The molecule has 3 rings (SSSR count). The van der Waals surface area contributed by atoms with E-state index in [9.17, 15) is 4.79 Å². The third-order valence-corrected chi connectivity index (χ3v) is 4.77. The van der Waals surface area contributed by atoms with Crippen LogP contribution in [0.3, 0.4) is 0 Å². The normalized spacial score (nSPS) is 16.5. The van der Waals surface area contributed by atoms with Crippen molar-refractivity contribution in [2.45, 2.75) is 52.5 Å². The van der Waals surface area contributed by atoms with Crippen LogP contribution in [0.2, 0.25) is 0 Å². The van der Waals surface area contributed by atoms with Crippen LogP contribution in [0.15, 0.2) is 21.1 Å². The van der Waals surface area contributed by atoms with Crippen molar-refractivity contribution < 1.29 is 13.7 Å². The molecule has 2 aromatic heterocycles. The number of hydrogen-bond donors (Lipinski definition) is 1. The topological polar surface area (TPSA) is 71.5 Å². The van der Waals surface area contributed by atoms with Gasteiger partial charge in [-0.25, -0.2) is 0 Å². The van der Waals surface area contributed by atoms with E-state index in [1.54, 1.807) is 6.92 Å². The van der Waals surface area contributed by atoms with Gasteiger partial charge in [-0.2, -0.15) is 0 Å². The molecule has 6 nitrogen and oxygen atoms in total. The molecule has 0 aliphatic carbocycles. The predicted octanol–water partition coefficient (Wildman–Crippen LogP) is 3.57. The van der Waals surface area contributed by atoms with Crippen LogP contribution in [0.1, 0.15) is 72.0 Å². The number of aromatic nitrogens is 1. The molecule has 1 amide bonds. The van der Waals surface area contributed by atoms with E-state index in [1.165, 1.54) is 12.8 Å². The van der Waals surface area contributed by atoms with Crippen molar-refractivity contribution in [1.82, 2.24) is 15.4 Å². The number of carbonyl (C=O) groups excluding carboxylic acids is 1. The summed E-state index contributed by atoms with van der Waals surface area (Å²) >= 11 is 0. The Balaban J connectivity index is 1.75. The SMILES string of the molecule is Cc1ccc([C@@H](CNC(=O)c2c(C)noc2C(C)C)N2CCCC2)o1. The zero-order valence-electron chi connectivity index (χ0n) is 15.5. The summed E-state index contributed by atoms with van der Waals surface area (Å²) < 4.78 is 11.2. The predicted molar refractivity (Wildman–Crippen MR) is 94.7 cm³/mol. The molecule has 0 radical (unpaired) electrons. The monoisotopic (exact) mass is 345 g/mol. The number of hydrogen-bond acceptors (Lipinski definition) is 5. The molecule has 1 N–H and O–H groups in total. The van der Waals surface area contributed by atoms with E-state index in [-0.39, 0.29) is 17.9 Å². The first-order valence-corrected chi connectivity index (χ1v) is 9.02. The number of nitrogens with zero attached hydrogens (tertiary/aromatic N) is 2. The number of rotatable bonds is 6. The maximum atomic E-state index is 12.7. The molecule has 0 unspecified atom stereocenters. The minimum Gasteiger partial charge on any atom is -0.465 e. The van der Waals surface area contributed by atoms with Crippen molar-refractivity contribution >= 4 is 5.91 Å². The Morgan fingerprint density at radius 1 is 1.28 bits per heavy atom. The average molecular weight is 345 g/mol. The van der Waals surface area contributed by atoms with Crippen molar-refractivity contribution in [3.05, 3.63) is 40.7 Å². The highest BCUT2D eigenvalue weighted by molar-refractivity contribution is 5.96. The molecule has 0 saturated carbocycles. The molecular formula is C19H27N3O3. The summed E-state index contributed by atoms with van der Waals surface area (Å²) in [5.74, 6) is 2.42. The van der Waals surface area contributed by atoms with Crippen molar-refractivity contribution in [2.75, 3.05) is 19.6 Å². The van der Waals surface area contributed by atoms with Gasteiger partial charge < -0.3 is 14.3 Å². The Morgan fingerprint density at radius 3 is 2.60 bits per heavy atom. The molecule has 1 saturated heterocycles. The zero-order chi connectivity index (χ0) is 18.0. The van der Waals surface area contributed by atoms with E-state index in [0.29, 0.717) is 23.6 Å². The van der Waals surface area contributed by atoms with Gasteiger partial charge in [-0.05, 0) is 51.9 Å². The van der Waals surface area contributed by atoms with Crippen molar-refractivity contribution in [3.8, 4) is 0 Å². The lowest BCUT2D eigenvalue weighted by molar-refractivity contribution is 0.0930. The number of amides is 1. The highest BCUT2D eigenvalue weighted by Gasteiger charge is 2.28. The standard InChI is InChI=1S/C19H27N3O3/c1-12(2)18-17(14(4)21-25-18)19(23)20-11-15(22-9-5-6-10-22)16-8-7-13(3)24-16/h7-8,12,15H,5-6,9-11H2,1-4H3,(H,20,23)/t15-/m1/s1. The summed E-state index contributed by atoms with van der Waals surface area (Å²) in [5.41, 5.74) is 1.19. The molecule has 1 aliphatic rings. The molecule has 0 aromatic carbocycles. The molecule has 3 heterocycles. The molecule has 0 bridgehead atoms. The number of nitrogens with one attached hydrogen (secondary N) is 1. The lowest BCUT2D eigenvalue weighted by Crippen LogP contribution is -2.37. The first kappa shape index (κ1) is 17.7. The van der Waals surface area contributed by atoms with Gasteiger partial charge in [-0.15, -0.1) is 0 Å². The van der Waals surface area contributed by atoms with E-state index >= 15 is 0 Å². The number of carbonyl (C=O) groups is 1. The highest BCUT2D eigenvalue weighted by atomic mass is 16.5. The quantitative estimate of drug-likeness (QED) is 0.866. The number of likely N-dealkylation sites (tertiary alicyclic amines) is 1. The summed E-state index contributed by atoms with van der Waals surface area (Å²) in [6.45, 7) is 10.3. The molecule has 136 valence electrons. The van der Waals surface area contributed by atoms with E-state index in [0.717, 1.165) is 24.6 Å². The fraction of sp³-hybridized carbons (Fsp3) is 0.579. The van der Waals surface area contributed by atoms with E-state index in [1.807, 2.05) is 32.9 Å². The van der Waals surface area contributed by atoms with Crippen molar-refractivity contribution in [2.24, 2.45) is 0 Å². The van der Waals surface area contributed by atoms with Gasteiger partial charge in [0.25, 0.3) is 5.91 Å². The van der Waals surface area contributed by atoms with Gasteiger partial charge in [0, 0.05) is 12.5 Å². The molecule has 6 heteroatoms. The van der Waals surface area contributed by atoms with Gasteiger partial charge in [0.1, 0.15) is 17.1 Å². The van der Waals surface area contributed by atoms with Crippen LogP contribution in [0.5, 0.6) is 0 Å². The molecule has 1 aliphatic heterocycles. The number of aryl methyl sites for hydroxylation is 2. The summed E-state index contributed by atoms with van der Waals surface area (Å²) in [6.07, 6.45) is 2.37. The van der Waals surface area contributed by atoms with E-state index in [2.05, 4.69) is 15.4 Å². The zero-order valence-corrected chi connectivity index (χ0v) is 15.5. The minimum absolute atomic E-state index is 0.0582. The first-order chi connectivity index (χ1) is 12.0. The summed E-state index contributed by atoms with van der Waals surface area (Å²) in [7, 11) is 0. The maximum Gasteiger partial charge on any atom is 0.256 e. The van der Waals surface area contributed by atoms with Crippen LogP contribution in [0.4, 0.5) is 0 Å². The Morgan fingerprint density at radius 2 is 2.00 bits per heavy atom. The molecule has 25 heavy (non-hydrogen) atoms. The Hall–Kier alpha value is -2.08. The average Bonchev–Trinajstić information content (AvgIpc) is 3.29. The van der Waals surface area contributed by atoms with E-state index in [4.69, 9.17) is 8.94 Å². The highest BCUT2D eigenvalue weighted by Crippen LogP contribution is 2.27. The first-order valence-electron chi connectivity index (χ1n) is 9.02. The largest absolute Gasteiger partial charge is 0.465 e. The van der Waals surface area contributed by atoms with Gasteiger partial charge in [0.2, 0.25) is 0 Å². The number of furan rings is 1. The van der Waals surface area contributed by atoms with Crippen LogP contribution in [0, 0.1) is 13.8 Å². The second-order valence-electron chi connectivity index (χ2n) is 7.08. The molecule has 2 aromatic rings. The maximum absolute atomic E-state index is 12.7. The minimum atomic E-state index is -0.130. The van der Waals surface area contributed by atoms with E-state index < -0.39 is 0 Å². The second-order valence-corrected chi connectivity index (χ2v) is 7.08. The molecule has 1 atom stereocenters. The molecular weight excluding hydrogens is 318 g/mol. The fourth-order valence-corrected chi connectivity index (χ4v) is 3.43. The van der Waals surface area contributed by atoms with Gasteiger partial charge in [0.15, 0.2) is 5.76 Å². The van der Waals surface area contributed by atoms with Crippen LogP contribution in [-0.4, -0.2) is 35.6 Å². The van der Waals surface area contributed by atoms with Gasteiger partial charge in [0.05, 0.1) is 11.7 Å². The summed E-state index contributed by atoms with van der Waals surface area (Å²) in [6, 6.07) is 4.04. The van der Waals surface area contributed by atoms with Gasteiger partial charge >= 0.3 is 0 Å². The van der Waals surface area contributed by atoms with Crippen LogP contribution < -0.4 is 5.32 Å².